The highest BCUT2D eigenvalue weighted by molar-refractivity contribution is 6.77. The van der Waals surface area contributed by atoms with E-state index in [9.17, 15) is 4.79 Å². The van der Waals surface area contributed by atoms with Gasteiger partial charge >= 0.3 is 0 Å². The van der Waals surface area contributed by atoms with Crippen LogP contribution >= 0.6 is 0 Å². The Kier molecular flexibility index (Phi) is 3.12. The third-order valence-electron chi connectivity index (χ3n) is 3.49. The molecule has 1 aliphatic rings. The lowest BCUT2D eigenvalue weighted by atomic mass is 9.01. The minimum absolute atomic E-state index is 1.15. The Hall–Kier alpha value is 0.319. The van der Waals surface area contributed by atoms with Crippen molar-refractivity contribution < 1.29 is 4.79 Å². The second kappa shape index (κ2) is 3.45. The van der Waals surface area contributed by atoms with E-state index in [0.717, 1.165) is 0 Å². The molecule has 60 valence electrons. The number of hydrogen-bond donors (Lipinski definition) is 0. The first-order chi connectivity index (χ1) is 7.15. The highest BCUT2D eigenvalue weighted by Gasteiger charge is 2.64. The summed E-state index contributed by atoms with van der Waals surface area (Å²) < 4.78 is 0. The number of rotatable bonds is 0. The van der Waals surface area contributed by atoms with Gasteiger partial charge in [-0.25, -0.2) is 0 Å². The van der Waals surface area contributed by atoms with Crippen molar-refractivity contribution in [1.29, 1.82) is 0 Å². The summed E-state index contributed by atoms with van der Waals surface area (Å²) in [5.74, 6) is -1.15. The molecule has 0 atom stereocenters. The summed E-state index contributed by atoms with van der Waals surface area (Å²) in [5.41, 5.74) is 0. The molecule has 1 fully saturated rings. The van der Waals surface area contributed by atoms with Crippen LogP contribution in [-0.2, 0) is 4.79 Å². The van der Waals surface area contributed by atoms with Crippen LogP contribution in [0.25, 0.3) is 0 Å². The van der Waals surface area contributed by atoms with Gasteiger partial charge in [0.25, 0.3) is 0 Å². The minimum atomic E-state index is -2.39. The van der Waals surface area contributed by atoms with Crippen LogP contribution in [0.3, 0.4) is 0 Å². The maximum atomic E-state index is 12.0. The van der Waals surface area contributed by atoms with Gasteiger partial charge in [0.2, 0.25) is 0 Å². The molecule has 1 nitrogen and oxygen atoms in total. The molecular formula is C6B10O. The van der Waals surface area contributed by atoms with Crippen LogP contribution in [0.1, 0.15) is 0 Å². The Morgan fingerprint density at radius 1 is 0.529 bits per heavy atom. The Bertz CT molecular complexity index is 337. The highest BCUT2D eigenvalue weighted by Crippen LogP contribution is 2.76. The third kappa shape index (κ3) is 1.43. The summed E-state index contributed by atoms with van der Waals surface area (Å²) in [4.78, 5) is 12.0. The molecule has 0 spiro atoms. The van der Waals surface area contributed by atoms with Crippen molar-refractivity contribution in [2.45, 2.75) is 26.1 Å². The number of ketones is 1. The Balaban J connectivity index is 3.62. The second-order valence-corrected chi connectivity index (χ2v) is 4.67. The van der Waals surface area contributed by atoms with E-state index in [0.29, 0.717) is 0 Å². The fraction of sp³-hybridized carbons (Fsp3) is 0.833. The second-order valence-electron chi connectivity index (χ2n) is 4.67. The van der Waals surface area contributed by atoms with Gasteiger partial charge in [-0.05, 0) is 0 Å². The first-order valence-electron chi connectivity index (χ1n) is 4.59. The molecule has 1 rings (SSSR count). The van der Waals surface area contributed by atoms with Crippen LogP contribution in [0.2, 0.25) is 26.1 Å². The zero-order valence-corrected chi connectivity index (χ0v) is 9.18. The first kappa shape index (κ1) is 15.4. The molecule has 0 aliphatic heterocycles. The van der Waals surface area contributed by atoms with E-state index in [1.54, 1.807) is 0 Å². The Morgan fingerprint density at radius 2 is 0.765 bits per heavy atom. The van der Waals surface area contributed by atoms with Crippen LogP contribution < -0.4 is 0 Å². The van der Waals surface area contributed by atoms with Gasteiger partial charge < -0.3 is 4.79 Å². The molecule has 0 aromatic carbocycles. The minimum Gasteiger partial charge on any atom is -0.302 e. The van der Waals surface area contributed by atoms with E-state index in [1.807, 2.05) is 0 Å². The monoisotopic (exact) mass is 198 g/mol. The zero-order chi connectivity index (χ0) is 14.1. The summed E-state index contributed by atoms with van der Waals surface area (Å²) in [5, 5.41) is -11.7. The predicted octanol–water partition coefficient (Wildman–Crippen LogP) is -3.16. The van der Waals surface area contributed by atoms with Gasteiger partial charge in [0.1, 0.15) is 5.78 Å². The molecule has 0 bridgehead atoms. The maximum absolute atomic E-state index is 12.0. The summed E-state index contributed by atoms with van der Waals surface area (Å²) >= 11 is 0. The molecule has 0 aromatic heterocycles. The van der Waals surface area contributed by atoms with E-state index in [4.69, 9.17) is 78.5 Å². The van der Waals surface area contributed by atoms with E-state index >= 15 is 0 Å². The van der Waals surface area contributed by atoms with Crippen molar-refractivity contribution in [2.24, 2.45) is 0 Å². The van der Waals surface area contributed by atoms with Gasteiger partial charge in [0.15, 0.2) is 0 Å². The van der Waals surface area contributed by atoms with Gasteiger partial charge in [-0.15, -0.1) is 15.6 Å². The summed E-state index contributed by atoms with van der Waals surface area (Å²) in [6.07, 6.45) is 0. The normalized spacial score (nSPS) is 31.6. The molecule has 0 saturated heterocycles. The predicted molar refractivity (Wildman–Crippen MR) is 76.0 cm³/mol. The topological polar surface area (TPSA) is 17.1 Å². The molecule has 11 heteroatoms. The smallest absolute Gasteiger partial charge is 0.109 e. The average Bonchev–Trinajstić information content (AvgIpc) is 2.13. The fourth-order valence-corrected chi connectivity index (χ4v) is 1.74. The molecule has 20 radical (unpaired) electrons. The maximum Gasteiger partial charge on any atom is 0.109 e. The molecule has 0 aromatic rings. The Morgan fingerprint density at radius 3 is 1.00 bits per heavy atom. The van der Waals surface area contributed by atoms with Crippen molar-refractivity contribution in [3.63, 3.8) is 0 Å². The molecule has 17 heavy (non-hydrogen) atoms. The van der Waals surface area contributed by atoms with Crippen LogP contribution in [-0.4, -0.2) is 84.2 Å². The van der Waals surface area contributed by atoms with Gasteiger partial charge in [0, 0.05) is 0 Å². The third-order valence-corrected chi connectivity index (χ3v) is 3.49. The summed E-state index contributed by atoms with van der Waals surface area (Å²) in [6, 6.07) is 0. The fourth-order valence-electron chi connectivity index (χ4n) is 1.74. The summed E-state index contributed by atoms with van der Waals surface area (Å²) in [7, 11) is 55.8. The molecule has 1 saturated carbocycles. The number of carbonyl (C=O) groups excluding carboxylic acids is 1. The highest BCUT2D eigenvalue weighted by atomic mass is 16.1. The van der Waals surface area contributed by atoms with Crippen LogP contribution in [0, 0.1) is 0 Å². The average molecular weight is 196 g/mol. The van der Waals surface area contributed by atoms with E-state index < -0.39 is 31.9 Å². The van der Waals surface area contributed by atoms with Gasteiger partial charge in [-0.2, -0.15) is 0 Å². The van der Waals surface area contributed by atoms with E-state index in [1.165, 1.54) is 0 Å². The molecular weight excluding hydrogens is 196 g/mol. The van der Waals surface area contributed by atoms with Crippen molar-refractivity contribution >= 4 is 84.2 Å². The van der Waals surface area contributed by atoms with Gasteiger partial charge in [-0.3, -0.25) is 0 Å². The lowest BCUT2D eigenvalue weighted by Gasteiger charge is -2.72. The van der Waals surface area contributed by atoms with Crippen LogP contribution in [0.4, 0.5) is 0 Å². The quantitative estimate of drug-likeness (QED) is 0.374. The molecule has 0 N–H and O–H groups in total. The van der Waals surface area contributed by atoms with Crippen molar-refractivity contribution in [2.75, 3.05) is 0 Å². The SMILES string of the molecule is [B]C1([B])C(=O)C([B])([B])C([B])([B])C([B])([B])C1([B])[B]. The van der Waals surface area contributed by atoms with Crippen molar-refractivity contribution in [3.05, 3.63) is 0 Å². The molecule has 0 unspecified atom stereocenters. The first-order valence-corrected chi connectivity index (χ1v) is 4.59. The van der Waals surface area contributed by atoms with Gasteiger partial charge in [0.05, 0.1) is 78.5 Å². The lowest BCUT2D eigenvalue weighted by Crippen LogP contribution is -2.64. The molecule has 0 heterocycles. The molecule has 1 aliphatic carbocycles. The number of Topliss-reactive ketones (excluding diaryl/α,β-unsaturated/α-hetero) is 1. The number of hydrogen-bond acceptors (Lipinski definition) is 1. The largest absolute Gasteiger partial charge is 0.302 e. The zero-order valence-electron chi connectivity index (χ0n) is 9.18. The standard InChI is InChI=1S/C6B10O/c7-2(8)1(17)3(9,10)5(13,14)6(15,16)4(2,11)12. The van der Waals surface area contributed by atoms with Gasteiger partial charge in [-0.1, -0.05) is 10.4 Å². The van der Waals surface area contributed by atoms with Crippen LogP contribution in [0.5, 0.6) is 0 Å². The van der Waals surface area contributed by atoms with E-state index in [-0.39, 0.29) is 0 Å². The Labute approximate surface area is 115 Å². The lowest BCUT2D eigenvalue weighted by molar-refractivity contribution is -0.123. The molecule has 0 amide bonds. The van der Waals surface area contributed by atoms with Crippen molar-refractivity contribution in [1.82, 2.24) is 0 Å². The number of carbonyl (C=O) groups is 1. The van der Waals surface area contributed by atoms with Crippen molar-refractivity contribution in [3.8, 4) is 0 Å². The summed E-state index contributed by atoms with van der Waals surface area (Å²) in [6.45, 7) is 0. The van der Waals surface area contributed by atoms with Crippen LogP contribution in [0.15, 0.2) is 0 Å². The van der Waals surface area contributed by atoms with E-state index in [2.05, 4.69) is 0 Å².